The topological polar surface area (TPSA) is 32.3 Å². The number of rotatable bonds is 6. The van der Waals surface area contributed by atoms with Crippen molar-refractivity contribution in [2.75, 3.05) is 19.6 Å². The van der Waals surface area contributed by atoms with Crippen LogP contribution in [0.1, 0.15) is 30.0 Å². The highest BCUT2D eigenvalue weighted by Crippen LogP contribution is 2.18. The van der Waals surface area contributed by atoms with Crippen LogP contribution in [-0.2, 0) is 11.2 Å². The lowest BCUT2D eigenvalue weighted by Crippen LogP contribution is -2.38. The molecule has 2 aromatic rings. The highest BCUT2D eigenvalue weighted by Gasteiger charge is 2.19. The number of hydrogen-bond donors (Lipinski definition) is 1. The van der Waals surface area contributed by atoms with Crippen LogP contribution in [0.25, 0.3) is 0 Å². The quantitative estimate of drug-likeness (QED) is 0.889. The molecule has 1 N–H and O–H groups in total. The standard InChI is InChI=1S/C20H24N2O/c23-20(16-22-13-7-8-14-22)21-19(18-11-5-2-6-12-18)15-17-9-3-1-4-10-17/h1-6,9-12,19H,7-8,13-16H2,(H,21,23)/t19-/m0/s1. The Morgan fingerprint density at radius 3 is 2.22 bits per heavy atom. The largest absolute Gasteiger partial charge is 0.348 e. The maximum absolute atomic E-state index is 12.4. The van der Waals surface area contributed by atoms with E-state index in [-0.39, 0.29) is 11.9 Å². The molecule has 2 aromatic carbocycles. The van der Waals surface area contributed by atoms with E-state index in [0.29, 0.717) is 6.54 Å². The van der Waals surface area contributed by atoms with Crippen LogP contribution >= 0.6 is 0 Å². The molecule has 0 aromatic heterocycles. The van der Waals surface area contributed by atoms with Gasteiger partial charge in [-0.1, -0.05) is 60.7 Å². The van der Waals surface area contributed by atoms with Gasteiger partial charge in [0, 0.05) is 0 Å². The molecule has 23 heavy (non-hydrogen) atoms. The van der Waals surface area contributed by atoms with Crippen LogP contribution in [0.4, 0.5) is 0 Å². The van der Waals surface area contributed by atoms with E-state index >= 15 is 0 Å². The molecule has 0 radical (unpaired) electrons. The van der Waals surface area contributed by atoms with Gasteiger partial charge in [-0.2, -0.15) is 0 Å². The maximum Gasteiger partial charge on any atom is 0.234 e. The van der Waals surface area contributed by atoms with Crippen molar-refractivity contribution in [2.45, 2.75) is 25.3 Å². The number of nitrogens with one attached hydrogen (secondary N) is 1. The van der Waals surface area contributed by atoms with Crippen molar-refractivity contribution in [3.8, 4) is 0 Å². The van der Waals surface area contributed by atoms with Gasteiger partial charge < -0.3 is 5.32 Å². The average Bonchev–Trinajstić information content (AvgIpc) is 3.09. The summed E-state index contributed by atoms with van der Waals surface area (Å²) >= 11 is 0. The summed E-state index contributed by atoms with van der Waals surface area (Å²) in [4.78, 5) is 14.7. The van der Waals surface area contributed by atoms with E-state index in [9.17, 15) is 4.79 Å². The third-order valence-electron chi connectivity index (χ3n) is 4.39. The molecule has 1 aliphatic heterocycles. The van der Waals surface area contributed by atoms with Crippen LogP contribution < -0.4 is 5.32 Å². The minimum Gasteiger partial charge on any atom is -0.348 e. The van der Waals surface area contributed by atoms with Crippen molar-refractivity contribution in [1.29, 1.82) is 0 Å². The van der Waals surface area contributed by atoms with Crippen molar-refractivity contribution in [3.63, 3.8) is 0 Å². The Bertz CT molecular complexity index is 606. The van der Waals surface area contributed by atoms with E-state index in [1.807, 2.05) is 36.4 Å². The summed E-state index contributed by atoms with van der Waals surface area (Å²) in [6.07, 6.45) is 3.23. The van der Waals surface area contributed by atoms with Crippen molar-refractivity contribution in [3.05, 3.63) is 71.8 Å². The van der Waals surface area contributed by atoms with E-state index < -0.39 is 0 Å². The first-order chi connectivity index (χ1) is 11.3. The SMILES string of the molecule is O=C(CN1CCCC1)N[C@@H](Cc1ccccc1)c1ccccc1. The van der Waals surface area contributed by atoms with Crippen molar-refractivity contribution in [2.24, 2.45) is 0 Å². The molecule has 3 nitrogen and oxygen atoms in total. The third kappa shape index (κ3) is 4.67. The van der Waals surface area contributed by atoms with Gasteiger partial charge in [-0.3, -0.25) is 9.69 Å². The predicted molar refractivity (Wildman–Crippen MR) is 93.1 cm³/mol. The van der Waals surface area contributed by atoms with Gasteiger partial charge in [-0.25, -0.2) is 0 Å². The number of hydrogen-bond acceptors (Lipinski definition) is 2. The normalized spacial score (nSPS) is 16.2. The number of amides is 1. The number of carbonyl (C=O) groups excluding carboxylic acids is 1. The summed E-state index contributed by atoms with van der Waals surface area (Å²) in [5.41, 5.74) is 2.40. The van der Waals surface area contributed by atoms with Gasteiger partial charge in [0.1, 0.15) is 0 Å². The Balaban J connectivity index is 1.68. The zero-order chi connectivity index (χ0) is 15.9. The lowest BCUT2D eigenvalue weighted by molar-refractivity contribution is -0.122. The minimum atomic E-state index is 0.0219. The van der Waals surface area contributed by atoms with Crippen molar-refractivity contribution < 1.29 is 4.79 Å². The van der Waals surface area contributed by atoms with Gasteiger partial charge in [-0.15, -0.1) is 0 Å². The van der Waals surface area contributed by atoms with Crippen molar-refractivity contribution in [1.82, 2.24) is 10.2 Å². The molecule has 0 spiro atoms. The highest BCUT2D eigenvalue weighted by atomic mass is 16.2. The van der Waals surface area contributed by atoms with Crippen LogP contribution in [0.2, 0.25) is 0 Å². The average molecular weight is 308 g/mol. The molecule has 0 bridgehead atoms. The molecule has 1 saturated heterocycles. The Morgan fingerprint density at radius 1 is 0.957 bits per heavy atom. The van der Waals surface area contributed by atoms with Crippen LogP contribution in [0.3, 0.4) is 0 Å². The molecule has 1 aliphatic rings. The van der Waals surface area contributed by atoms with Gasteiger partial charge in [0.25, 0.3) is 0 Å². The number of likely N-dealkylation sites (tertiary alicyclic amines) is 1. The van der Waals surface area contributed by atoms with Gasteiger partial charge in [0.05, 0.1) is 12.6 Å². The van der Waals surface area contributed by atoms with Gasteiger partial charge >= 0.3 is 0 Å². The summed E-state index contributed by atoms with van der Waals surface area (Å²) < 4.78 is 0. The predicted octanol–water partition coefficient (Wildman–Crippen LogP) is 3.18. The minimum absolute atomic E-state index is 0.0219. The fraction of sp³-hybridized carbons (Fsp3) is 0.350. The van der Waals surface area contributed by atoms with Gasteiger partial charge in [-0.05, 0) is 43.5 Å². The summed E-state index contributed by atoms with van der Waals surface area (Å²) in [7, 11) is 0. The third-order valence-corrected chi connectivity index (χ3v) is 4.39. The molecular formula is C20H24N2O. The van der Waals surface area contributed by atoms with E-state index in [1.165, 1.54) is 18.4 Å². The van der Waals surface area contributed by atoms with Crippen LogP contribution in [0, 0.1) is 0 Å². The first-order valence-electron chi connectivity index (χ1n) is 8.42. The van der Waals surface area contributed by atoms with Gasteiger partial charge in [0.15, 0.2) is 0 Å². The monoisotopic (exact) mass is 308 g/mol. The maximum atomic E-state index is 12.4. The number of benzene rings is 2. The lowest BCUT2D eigenvalue weighted by Gasteiger charge is -2.21. The second-order valence-electron chi connectivity index (χ2n) is 6.20. The number of carbonyl (C=O) groups is 1. The lowest BCUT2D eigenvalue weighted by atomic mass is 9.99. The van der Waals surface area contributed by atoms with E-state index in [4.69, 9.17) is 0 Å². The molecule has 0 aliphatic carbocycles. The first kappa shape index (κ1) is 15.8. The molecule has 3 heteroatoms. The Morgan fingerprint density at radius 2 is 1.57 bits per heavy atom. The molecule has 0 unspecified atom stereocenters. The fourth-order valence-electron chi connectivity index (χ4n) is 3.17. The van der Waals surface area contributed by atoms with Crippen molar-refractivity contribution >= 4 is 5.91 Å². The number of nitrogens with zero attached hydrogens (tertiary/aromatic N) is 1. The highest BCUT2D eigenvalue weighted by molar-refractivity contribution is 5.78. The Kier molecular flexibility index (Phi) is 5.43. The Labute approximate surface area is 138 Å². The molecule has 1 atom stereocenters. The Hall–Kier alpha value is -2.13. The molecule has 1 amide bonds. The van der Waals surface area contributed by atoms with Crippen LogP contribution in [0.15, 0.2) is 60.7 Å². The second kappa shape index (κ2) is 7.93. The van der Waals surface area contributed by atoms with Crippen LogP contribution in [0.5, 0.6) is 0 Å². The molecule has 0 saturated carbocycles. The second-order valence-corrected chi connectivity index (χ2v) is 6.20. The molecule has 1 heterocycles. The molecule has 120 valence electrons. The molecule has 1 fully saturated rings. The van der Waals surface area contributed by atoms with E-state index in [2.05, 4.69) is 34.5 Å². The smallest absolute Gasteiger partial charge is 0.234 e. The zero-order valence-electron chi connectivity index (χ0n) is 13.4. The summed E-state index contributed by atoms with van der Waals surface area (Å²) in [5, 5.41) is 3.23. The molecular weight excluding hydrogens is 284 g/mol. The summed E-state index contributed by atoms with van der Waals surface area (Å²) in [5.74, 6) is 0.122. The van der Waals surface area contributed by atoms with E-state index in [1.54, 1.807) is 0 Å². The first-order valence-corrected chi connectivity index (χ1v) is 8.42. The summed E-state index contributed by atoms with van der Waals surface area (Å²) in [6.45, 7) is 2.60. The van der Waals surface area contributed by atoms with Crippen LogP contribution in [-0.4, -0.2) is 30.4 Å². The van der Waals surface area contributed by atoms with Gasteiger partial charge in [0.2, 0.25) is 5.91 Å². The fourth-order valence-corrected chi connectivity index (χ4v) is 3.17. The molecule has 3 rings (SSSR count). The summed E-state index contributed by atoms with van der Waals surface area (Å²) in [6, 6.07) is 20.6. The van der Waals surface area contributed by atoms with E-state index in [0.717, 1.165) is 25.1 Å². The zero-order valence-corrected chi connectivity index (χ0v) is 13.4.